The minimum absolute atomic E-state index is 0.0671. The number of aliphatic hydroxyl groups excluding tert-OH is 1. The van der Waals surface area contributed by atoms with Crippen molar-refractivity contribution in [2.75, 3.05) is 13.1 Å². The van der Waals surface area contributed by atoms with Crippen molar-refractivity contribution < 1.29 is 5.11 Å². The van der Waals surface area contributed by atoms with Crippen molar-refractivity contribution in [1.82, 2.24) is 14.3 Å². The van der Waals surface area contributed by atoms with Crippen LogP contribution < -0.4 is 5.56 Å². The van der Waals surface area contributed by atoms with E-state index in [1.165, 1.54) is 4.40 Å². The Kier molecular flexibility index (Phi) is 4.10. The molecule has 0 amide bonds. The molecule has 0 aromatic carbocycles. The fourth-order valence-corrected chi connectivity index (χ4v) is 3.17. The van der Waals surface area contributed by atoms with Crippen molar-refractivity contribution in [3.05, 3.63) is 44.9 Å². The maximum Gasteiger partial charge on any atom is 0.258 e. The second-order valence-corrected chi connectivity index (χ2v) is 6.60. The summed E-state index contributed by atoms with van der Waals surface area (Å²) in [5.74, 6) is 0.322. The van der Waals surface area contributed by atoms with Gasteiger partial charge >= 0.3 is 0 Å². The average Bonchev–Trinajstić information content (AvgIpc) is 2.88. The van der Waals surface area contributed by atoms with Gasteiger partial charge in [0.2, 0.25) is 0 Å². The van der Waals surface area contributed by atoms with E-state index in [1.807, 2.05) is 19.1 Å². The molecule has 1 saturated heterocycles. The van der Waals surface area contributed by atoms with Gasteiger partial charge in [-0.1, -0.05) is 0 Å². The Morgan fingerprint density at radius 1 is 1.52 bits per heavy atom. The van der Waals surface area contributed by atoms with Gasteiger partial charge in [0.15, 0.2) is 0 Å². The normalized spacial score (nSPS) is 21.0. The molecular weight excluding hydrogens is 334 g/mol. The fourth-order valence-electron chi connectivity index (χ4n) is 2.84. The summed E-state index contributed by atoms with van der Waals surface area (Å²) >= 11 is 3.36. The lowest BCUT2D eigenvalue weighted by atomic mass is 10.0. The summed E-state index contributed by atoms with van der Waals surface area (Å²) in [5.41, 5.74) is 1.38. The van der Waals surface area contributed by atoms with E-state index in [1.54, 1.807) is 12.3 Å². The van der Waals surface area contributed by atoms with Crippen molar-refractivity contribution in [3.63, 3.8) is 0 Å². The smallest absolute Gasteiger partial charge is 0.258 e. The Morgan fingerprint density at radius 3 is 3.05 bits per heavy atom. The van der Waals surface area contributed by atoms with Crippen molar-refractivity contribution in [2.24, 2.45) is 5.92 Å². The van der Waals surface area contributed by atoms with Crippen LogP contribution in [0.3, 0.4) is 0 Å². The predicted octanol–water partition coefficient (Wildman–Crippen LogP) is 1.66. The molecule has 1 aliphatic heterocycles. The second kappa shape index (κ2) is 5.87. The van der Waals surface area contributed by atoms with Gasteiger partial charge in [-0.25, -0.2) is 4.98 Å². The Hall–Kier alpha value is -1.24. The summed E-state index contributed by atoms with van der Waals surface area (Å²) in [6.45, 7) is 4.30. The van der Waals surface area contributed by atoms with Gasteiger partial charge < -0.3 is 5.11 Å². The molecule has 2 atom stereocenters. The molecule has 2 unspecified atom stereocenters. The van der Waals surface area contributed by atoms with Crippen LogP contribution in [0.25, 0.3) is 5.65 Å². The van der Waals surface area contributed by atoms with Crippen molar-refractivity contribution >= 4 is 21.6 Å². The Balaban J connectivity index is 1.82. The third-order valence-corrected chi connectivity index (χ3v) is 4.52. The third-order valence-electron chi connectivity index (χ3n) is 4.05. The Bertz CT molecular complexity index is 714. The minimum atomic E-state index is -0.275. The molecule has 21 heavy (non-hydrogen) atoms. The molecule has 0 bridgehead atoms. The topological polar surface area (TPSA) is 57.8 Å². The highest BCUT2D eigenvalue weighted by molar-refractivity contribution is 9.10. The van der Waals surface area contributed by atoms with Crippen molar-refractivity contribution in [1.29, 1.82) is 0 Å². The van der Waals surface area contributed by atoms with E-state index < -0.39 is 0 Å². The maximum atomic E-state index is 12.1. The van der Waals surface area contributed by atoms with Crippen LogP contribution in [0.15, 0.2) is 33.7 Å². The summed E-state index contributed by atoms with van der Waals surface area (Å²) in [6.07, 6.45) is 2.45. The first kappa shape index (κ1) is 14.7. The molecule has 1 aliphatic rings. The van der Waals surface area contributed by atoms with Gasteiger partial charge in [-0.3, -0.25) is 14.1 Å². The summed E-state index contributed by atoms with van der Waals surface area (Å²) in [4.78, 5) is 18.9. The number of aliphatic hydroxyl groups is 1. The quantitative estimate of drug-likeness (QED) is 0.913. The van der Waals surface area contributed by atoms with E-state index in [0.717, 1.165) is 29.7 Å². The van der Waals surface area contributed by atoms with Crippen LogP contribution in [-0.2, 0) is 6.54 Å². The van der Waals surface area contributed by atoms with Crippen LogP contribution in [0.1, 0.15) is 19.0 Å². The second-order valence-electron chi connectivity index (χ2n) is 5.69. The summed E-state index contributed by atoms with van der Waals surface area (Å²) in [7, 11) is 0. The highest BCUT2D eigenvalue weighted by Gasteiger charge is 2.26. The number of hydrogen-bond donors (Lipinski definition) is 1. The summed E-state index contributed by atoms with van der Waals surface area (Å²) in [5, 5.41) is 9.65. The third kappa shape index (κ3) is 3.17. The number of pyridine rings is 1. The number of rotatable bonds is 3. The van der Waals surface area contributed by atoms with E-state index in [4.69, 9.17) is 0 Å². The molecule has 1 N–H and O–H groups in total. The van der Waals surface area contributed by atoms with Gasteiger partial charge in [0.05, 0.1) is 11.8 Å². The molecule has 5 nitrogen and oxygen atoms in total. The number of fused-ring (bicyclic) bond motifs is 1. The van der Waals surface area contributed by atoms with Crippen LogP contribution in [-0.4, -0.2) is 38.6 Å². The molecule has 0 aliphatic carbocycles. The molecule has 2 aromatic rings. The van der Waals surface area contributed by atoms with Gasteiger partial charge in [0.1, 0.15) is 5.65 Å². The van der Waals surface area contributed by atoms with Crippen molar-refractivity contribution in [2.45, 2.75) is 26.0 Å². The van der Waals surface area contributed by atoms with E-state index >= 15 is 0 Å². The first-order chi connectivity index (χ1) is 10.0. The molecule has 6 heteroatoms. The van der Waals surface area contributed by atoms with Crippen molar-refractivity contribution in [3.8, 4) is 0 Å². The zero-order valence-corrected chi connectivity index (χ0v) is 13.5. The van der Waals surface area contributed by atoms with Gasteiger partial charge in [0.25, 0.3) is 5.56 Å². The molecule has 0 radical (unpaired) electrons. The molecule has 3 rings (SSSR count). The van der Waals surface area contributed by atoms with Crippen LogP contribution in [0.5, 0.6) is 0 Å². The van der Waals surface area contributed by atoms with E-state index in [9.17, 15) is 9.90 Å². The van der Waals surface area contributed by atoms with Gasteiger partial charge in [-0.15, -0.1) is 0 Å². The lowest BCUT2D eigenvalue weighted by molar-refractivity contribution is 0.127. The zero-order chi connectivity index (χ0) is 15.0. The van der Waals surface area contributed by atoms with Gasteiger partial charge in [-0.2, -0.15) is 0 Å². The summed E-state index contributed by atoms with van der Waals surface area (Å²) < 4.78 is 2.39. The molecule has 2 aromatic heterocycles. The average molecular weight is 352 g/mol. The largest absolute Gasteiger partial charge is 0.393 e. The maximum absolute atomic E-state index is 12.1. The van der Waals surface area contributed by atoms with E-state index in [-0.39, 0.29) is 11.7 Å². The number of nitrogens with zero attached hydrogens (tertiary/aromatic N) is 3. The van der Waals surface area contributed by atoms with Crippen LogP contribution in [0.2, 0.25) is 0 Å². The highest BCUT2D eigenvalue weighted by atomic mass is 79.9. The Morgan fingerprint density at radius 2 is 2.33 bits per heavy atom. The number of likely N-dealkylation sites (tertiary alicyclic amines) is 1. The molecular formula is C15H18BrN3O2. The lowest BCUT2D eigenvalue weighted by Crippen LogP contribution is -2.25. The predicted molar refractivity (Wildman–Crippen MR) is 84.2 cm³/mol. The SMILES string of the molecule is CC(O)C1CCN(Cc2cc(=O)n3cc(Br)ccc3n2)C1. The monoisotopic (exact) mass is 351 g/mol. The molecule has 112 valence electrons. The summed E-state index contributed by atoms with van der Waals surface area (Å²) in [6, 6.07) is 5.30. The number of hydrogen-bond acceptors (Lipinski definition) is 4. The molecule has 1 fully saturated rings. The lowest BCUT2D eigenvalue weighted by Gasteiger charge is -2.17. The first-order valence-electron chi connectivity index (χ1n) is 7.11. The number of halogens is 1. The molecule has 3 heterocycles. The van der Waals surface area contributed by atoms with E-state index in [2.05, 4.69) is 25.8 Å². The van der Waals surface area contributed by atoms with Crippen LogP contribution in [0, 0.1) is 5.92 Å². The molecule has 0 spiro atoms. The fraction of sp³-hybridized carbons (Fsp3) is 0.467. The van der Waals surface area contributed by atoms with Gasteiger partial charge in [0, 0.05) is 29.8 Å². The standard InChI is InChI=1S/C15H18BrN3O2/c1-10(20)11-4-5-18(7-11)9-13-6-15(21)19-8-12(16)2-3-14(19)17-13/h2-3,6,8,10-11,20H,4-5,7,9H2,1H3. The first-order valence-corrected chi connectivity index (χ1v) is 7.90. The van der Waals surface area contributed by atoms with Crippen LogP contribution in [0.4, 0.5) is 0 Å². The highest BCUT2D eigenvalue weighted by Crippen LogP contribution is 2.21. The minimum Gasteiger partial charge on any atom is -0.393 e. The number of aromatic nitrogens is 2. The van der Waals surface area contributed by atoms with Gasteiger partial charge in [-0.05, 0) is 53.9 Å². The van der Waals surface area contributed by atoms with Crippen LogP contribution >= 0.6 is 15.9 Å². The van der Waals surface area contributed by atoms with E-state index in [0.29, 0.717) is 18.1 Å². The Labute approximate surface area is 131 Å². The zero-order valence-electron chi connectivity index (χ0n) is 11.9. The molecule has 0 saturated carbocycles.